The van der Waals surface area contributed by atoms with Gasteiger partial charge >= 0.3 is 5.97 Å². The van der Waals surface area contributed by atoms with E-state index in [9.17, 15) is 9.59 Å². The number of amides is 1. The quantitative estimate of drug-likeness (QED) is 0.623. The van der Waals surface area contributed by atoms with E-state index in [2.05, 4.69) is 26.1 Å². The number of hydrogen-bond acceptors (Lipinski definition) is 4. The summed E-state index contributed by atoms with van der Waals surface area (Å²) in [6, 6.07) is 17.0. The van der Waals surface area contributed by atoms with Crippen molar-refractivity contribution in [2.45, 2.75) is 19.4 Å². The molecule has 0 bridgehead atoms. The topological polar surface area (TPSA) is 75.3 Å². The Balaban J connectivity index is 1.44. The molecule has 1 aliphatic rings. The van der Waals surface area contributed by atoms with Crippen LogP contribution in [-0.2, 0) is 16.0 Å². The molecule has 1 amide bonds. The Bertz CT molecular complexity index is 1030. The number of esters is 1. The van der Waals surface area contributed by atoms with Crippen LogP contribution in [-0.4, -0.2) is 34.7 Å². The number of H-pyrrole nitrogens is 1. The number of aromatic nitrogens is 2. The largest absolute Gasteiger partial charge is 0.448 e. The Morgan fingerprint density at radius 3 is 2.71 bits per heavy atom. The number of nitrogens with zero attached hydrogens (tertiary/aromatic N) is 2. The molecule has 2 heterocycles. The van der Waals surface area contributed by atoms with Crippen molar-refractivity contribution in [1.82, 2.24) is 10.2 Å². The number of halogens is 1. The van der Waals surface area contributed by atoms with Crippen LogP contribution in [0.25, 0.3) is 11.3 Å². The first-order chi connectivity index (χ1) is 13.5. The number of anilines is 1. The van der Waals surface area contributed by atoms with Gasteiger partial charge in [-0.25, -0.2) is 4.79 Å². The summed E-state index contributed by atoms with van der Waals surface area (Å²) < 4.78 is 6.35. The number of ether oxygens (including phenoxy) is 1. The van der Waals surface area contributed by atoms with Gasteiger partial charge in [0.1, 0.15) is 5.69 Å². The van der Waals surface area contributed by atoms with Gasteiger partial charge in [-0.15, -0.1) is 0 Å². The molecule has 1 aromatic heterocycles. The normalized spacial score (nSPS) is 13.9. The molecule has 0 aliphatic carbocycles. The van der Waals surface area contributed by atoms with Gasteiger partial charge < -0.3 is 9.64 Å². The van der Waals surface area contributed by atoms with Crippen molar-refractivity contribution in [2.75, 3.05) is 11.4 Å². The highest BCUT2D eigenvalue weighted by atomic mass is 79.9. The number of carbonyl (C=O) groups is 2. The van der Waals surface area contributed by atoms with Gasteiger partial charge in [-0.3, -0.25) is 9.89 Å². The Labute approximate surface area is 170 Å². The lowest BCUT2D eigenvalue weighted by atomic mass is 10.1. The summed E-state index contributed by atoms with van der Waals surface area (Å²) in [6.45, 7) is 2.19. The Morgan fingerprint density at radius 1 is 1.18 bits per heavy atom. The van der Waals surface area contributed by atoms with Crippen LogP contribution in [0.3, 0.4) is 0 Å². The molecular formula is C21H18BrN3O3. The van der Waals surface area contributed by atoms with E-state index in [4.69, 9.17) is 4.74 Å². The molecule has 4 rings (SSSR count). The maximum atomic E-state index is 12.8. The van der Waals surface area contributed by atoms with Crippen molar-refractivity contribution in [3.8, 4) is 11.3 Å². The molecule has 1 unspecified atom stereocenters. The summed E-state index contributed by atoms with van der Waals surface area (Å²) >= 11 is 3.39. The summed E-state index contributed by atoms with van der Waals surface area (Å²) in [5.74, 6) is -0.838. The predicted molar refractivity (Wildman–Crippen MR) is 109 cm³/mol. The van der Waals surface area contributed by atoms with Crippen LogP contribution >= 0.6 is 15.9 Å². The van der Waals surface area contributed by atoms with Gasteiger partial charge in [0.2, 0.25) is 0 Å². The van der Waals surface area contributed by atoms with E-state index >= 15 is 0 Å². The highest BCUT2D eigenvalue weighted by Gasteiger charge is 2.30. The molecule has 1 aliphatic heterocycles. The Kier molecular flexibility index (Phi) is 5.00. The number of para-hydroxylation sites is 1. The van der Waals surface area contributed by atoms with Crippen LogP contribution < -0.4 is 4.90 Å². The minimum Gasteiger partial charge on any atom is -0.448 e. The summed E-state index contributed by atoms with van der Waals surface area (Å²) in [5, 5.41) is 6.85. The number of fused-ring (bicyclic) bond motifs is 1. The van der Waals surface area contributed by atoms with Crippen LogP contribution in [0, 0.1) is 0 Å². The minimum absolute atomic E-state index is 0.208. The zero-order chi connectivity index (χ0) is 19.7. The summed E-state index contributed by atoms with van der Waals surface area (Å²) in [6.07, 6.45) is -0.0854. The lowest BCUT2D eigenvalue weighted by Crippen LogP contribution is -2.39. The average Bonchev–Trinajstić information content (AvgIpc) is 3.35. The number of rotatable bonds is 4. The van der Waals surface area contributed by atoms with Crippen molar-refractivity contribution >= 4 is 33.5 Å². The molecule has 2 aromatic carbocycles. The SMILES string of the molecule is CC(OC(=O)c1cc(-c2ccc(Br)cc2)n[nH]1)C(=O)N1CCc2ccccc21. The van der Waals surface area contributed by atoms with Gasteiger partial charge in [-0.05, 0) is 43.2 Å². The van der Waals surface area contributed by atoms with Crippen LogP contribution in [0.2, 0.25) is 0 Å². The van der Waals surface area contributed by atoms with Gasteiger partial charge in [0, 0.05) is 22.3 Å². The van der Waals surface area contributed by atoms with Gasteiger partial charge in [-0.2, -0.15) is 5.10 Å². The van der Waals surface area contributed by atoms with Crippen molar-refractivity contribution in [2.24, 2.45) is 0 Å². The van der Waals surface area contributed by atoms with E-state index in [0.29, 0.717) is 12.2 Å². The monoisotopic (exact) mass is 439 g/mol. The van der Waals surface area contributed by atoms with Crippen LogP contribution in [0.1, 0.15) is 23.0 Å². The highest BCUT2D eigenvalue weighted by molar-refractivity contribution is 9.10. The van der Waals surface area contributed by atoms with Crippen molar-refractivity contribution in [1.29, 1.82) is 0 Å². The van der Waals surface area contributed by atoms with Crippen LogP contribution in [0.5, 0.6) is 0 Å². The second kappa shape index (κ2) is 7.59. The molecular weight excluding hydrogens is 422 g/mol. The maximum Gasteiger partial charge on any atom is 0.357 e. The Hall–Kier alpha value is -2.93. The lowest BCUT2D eigenvalue weighted by Gasteiger charge is -2.21. The first kappa shape index (κ1) is 18.4. The van der Waals surface area contributed by atoms with E-state index in [0.717, 1.165) is 27.7 Å². The van der Waals surface area contributed by atoms with Crippen LogP contribution in [0.15, 0.2) is 59.1 Å². The molecule has 0 saturated carbocycles. The van der Waals surface area contributed by atoms with E-state index in [1.807, 2.05) is 48.5 Å². The molecule has 0 radical (unpaired) electrons. The van der Waals surface area contributed by atoms with Crippen molar-refractivity contribution in [3.63, 3.8) is 0 Å². The van der Waals surface area contributed by atoms with E-state index in [-0.39, 0.29) is 11.6 Å². The fourth-order valence-electron chi connectivity index (χ4n) is 3.26. The minimum atomic E-state index is -0.891. The molecule has 1 atom stereocenters. The first-order valence-corrected chi connectivity index (χ1v) is 9.74. The second-order valence-corrected chi connectivity index (χ2v) is 7.51. The lowest BCUT2D eigenvalue weighted by molar-refractivity contribution is -0.126. The van der Waals surface area contributed by atoms with Gasteiger partial charge in [0.15, 0.2) is 6.10 Å². The standard InChI is InChI=1S/C21H18BrN3O3/c1-13(20(26)25-11-10-15-4-2-3-5-19(15)25)28-21(27)18-12-17(23-24-18)14-6-8-16(22)9-7-14/h2-9,12-13H,10-11H2,1H3,(H,23,24). The van der Waals surface area contributed by atoms with Crippen LogP contribution in [0.4, 0.5) is 5.69 Å². The highest BCUT2D eigenvalue weighted by Crippen LogP contribution is 2.28. The molecule has 142 valence electrons. The van der Waals surface area contributed by atoms with E-state index in [1.54, 1.807) is 17.9 Å². The number of benzene rings is 2. The zero-order valence-corrected chi connectivity index (χ0v) is 16.8. The molecule has 3 aromatic rings. The fraction of sp³-hybridized carbons (Fsp3) is 0.190. The van der Waals surface area contributed by atoms with Crippen molar-refractivity contribution in [3.05, 3.63) is 70.3 Å². The summed E-state index contributed by atoms with van der Waals surface area (Å²) in [5.41, 5.74) is 3.72. The third-order valence-electron chi connectivity index (χ3n) is 4.72. The molecule has 6 nitrogen and oxygen atoms in total. The third-order valence-corrected chi connectivity index (χ3v) is 5.25. The zero-order valence-electron chi connectivity index (χ0n) is 15.2. The van der Waals surface area contributed by atoms with Gasteiger partial charge in [-0.1, -0.05) is 46.3 Å². The number of aromatic amines is 1. The van der Waals surface area contributed by atoms with Gasteiger partial charge in [0.05, 0.1) is 5.69 Å². The van der Waals surface area contributed by atoms with Gasteiger partial charge in [0.25, 0.3) is 5.91 Å². The Morgan fingerprint density at radius 2 is 1.93 bits per heavy atom. The molecule has 0 saturated heterocycles. The summed E-state index contributed by atoms with van der Waals surface area (Å²) in [7, 11) is 0. The van der Waals surface area contributed by atoms with E-state index in [1.165, 1.54) is 0 Å². The van der Waals surface area contributed by atoms with Crippen molar-refractivity contribution < 1.29 is 14.3 Å². The molecule has 0 spiro atoms. The third kappa shape index (κ3) is 3.57. The predicted octanol–water partition coefficient (Wildman–Crippen LogP) is 3.97. The fourth-order valence-corrected chi connectivity index (χ4v) is 3.52. The average molecular weight is 440 g/mol. The van der Waals surface area contributed by atoms with E-state index < -0.39 is 12.1 Å². The summed E-state index contributed by atoms with van der Waals surface area (Å²) in [4.78, 5) is 26.9. The molecule has 1 N–H and O–H groups in total. The smallest absolute Gasteiger partial charge is 0.357 e. The molecule has 0 fully saturated rings. The number of carbonyl (C=O) groups excluding carboxylic acids is 2. The number of nitrogens with one attached hydrogen (secondary N) is 1. The second-order valence-electron chi connectivity index (χ2n) is 6.59. The maximum absolute atomic E-state index is 12.8. The molecule has 28 heavy (non-hydrogen) atoms. The first-order valence-electron chi connectivity index (χ1n) is 8.94. The molecule has 7 heteroatoms. The number of hydrogen-bond donors (Lipinski definition) is 1.